The maximum absolute atomic E-state index is 13.5. The third-order valence-corrected chi connectivity index (χ3v) is 5.08. The number of hydrogen-bond acceptors (Lipinski definition) is 3. The van der Waals surface area contributed by atoms with Crippen molar-refractivity contribution >= 4 is 0 Å². The number of unbranched alkanes of at least 4 members (excludes halogenated alkanes) is 1. The molecule has 0 radical (unpaired) electrons. The monoisotopic (exact) mass is 431 g/mol. The minimum absolute atomic E-state index is 0.195. The highest BCUT2D eigenvalue weighted by atomic mass is 19.4. The molecule has 0 saturated heterocycles. The summed E-state index contributed by atoms with van der Waals surface area (Å²) in [6, 6.07) is 13.5. The first-order valence-corrected chi connectivity index (χ1v) is 10.5. The van der Waals surface area contributed by atoms with E-state index >= 15 is 0 Å². The summed E-state index contributed by atoms with van der Waals surface area (Å²) in [6.07, 6.45) is -0.0316. The van der Waals surface area contributed by atoms with Gasteiger partial charge in [0.1, 0.15) is 5.75 Å². The van der Waals surface area contributed by atoms with E-state index in [0.29, 0.717) is 30.8 Å². The summed E-state index contributed by atoms with van der Waals surface area (Å²) in [7, 11) is 2.00. The lowest BCUT2D eigenvalue weighted by Crippen LogP contribution is -2.19. The van der Waals surface area contributed by atoms with Crippen molar-refractivity contribution < 1.29 is 17.9 Å². The summed E-state index contributed by atoms with van der Waals surface area (Å²) in [4.78, 5) is 2.14. The molecular weight excluding hydrogens is 403 g/mol. The quantitative estimate of drug-likeness (QED) is 0.431. The molecule has 1 heterocycles. The fraction of sp³-hybridized carbons (Fsp3) is 0.375. The minimum atomic E-state index is -4.47. The van der Waals surface area contributed by atoms with Crippen LogP contribution in [0.5, 0.6) is 5.75 Å². The number of alkyl halides is 3. The number of halogens is 3. The molecule has 4 nitrogen and oxygen atoms in total. The van der Waals surface area contributed by atoms with E-state index in [2.05, 4.69) is 22.0 Å². The highest BCUT2D eigenvalue weighted by Gasteiger charge is 2.32. The number of hydrogen-bond donors (Lipinski definition) is 1. The van der Waals surface area contributed by atoms with Crippen LogP contribution in [0.3, 0.4) is 0 Å². The summed E-state index contributed by atoms with van der Waals surface area (Å²) < 4.78 is 46.3. The van der Waals surface area contributed by atoms with Crippen LogP contribution in [-0.4, -0.2) is 35.3 Å². The van der Waals surface area contributed by atoms with Crippen LogP contribution in [0.15, 0.2) is 54.7 Å². The number of nitrogens with zero attached hydrogens (tertiary/aromatic N) is 2. The predicted octanol–water partition coefficient (Wildman–Crippen LogP) is 5.95. The number of aromatic amines is 1. The predicted molar refractivity (Wildman–Crippen MR) is 116 cm³/mol. The molecule has 0 saturated carbocycles. The number of rotatable bonds is 10. The van der Waals surface area contributed by atoms with Crippen LogP contribution < -0.4 is 4.74 Å². The van der Waals surface area contributed by atoms with Crippen molar-refractivity contribution in [3.05, 3.63) is 71.4 Å². The van der Waals surface area contributed by atoms with Gasteiger partial charge in [-0.1, -0.05) is 43.7 Å². The molecule has 31 heavy (non-hydrogen) atoms. The molecule has 166 valence electrons. The number of H-pyrrole nitrogens is 1. The van der Waals surface area contributed by atoms with Gasteiger partial charge >= 0.3 is 6.18 Å². The standard InChI is InChI=1S/C24H28F3N3O/c1-3-4-11-30(2)17-20-16-28-29-23(20)19-13-21(24(25,26)27)15-22(14-19)31-12-10-18-8-6-5-7-9-18/h5-9,13-16H,3-4,10-12,17H2,1-2H3,(H,28,29). The average molecular weight is 432 g/mol. The summed E-state index contributed by atoms with van der Waals surface area (Å²) in [5, 5.41) is 6.95. The highest BCUT2D eigenvalue weighted by Crippen LogP contribution is 2.36. The number of aromatic nitrogens is 2. The molecule has 1 aromatic heterocycles. The second-order valence-electron chi connectivity index (χ2n) is 7.69. The van der Waals surface area contributed by atoms with Crippen LogP contribution in [-0.2, 0) is 19.1 Å². The zero-order valence-corrected chi connectivity index (χ0v) is 17.9. The van der Waals surface area contributed by atoms with E-state index in [0.717, 1.165) is 42.6 Å². The molecule has 0 aliphatic rings. The molecule has 3 rings (SSSR count). The fourth-order valence-electron chi connectivity index (χ4n) is 3.40. The Morgan fingerprint density at radius 3 is 2.58 bits per heavy atom. The summed E-state index contributed by atoms with van der Waals surface area (Å²) in [5.74, 6) is 0.195. The zero-order valence-electron chi connectivity index (χ0n) is 17.9. The Labute approximate surface area is 181 Å². The molecule has 2 aromatic carbocycles. The van der Waals surface area contributed by atoms with E-state index < -0.39 is 11.7 Å². The van der Waals surface area contributed by atoms with E-state index in [1.807, 2.05) is 37.4 Å². The molecule has 0 atom stereocenters. The SMILES string of the molecule is CCCCN(C)Cc1cn[nH]c1-c1cc(OCCc2ccccc2)cc(C(F)(F)F)c1. The van der Waals surface area contributed by atoms with Crippen LogP contribution in [0.1, 0.15) is 36.5 Å². The molecule has 0 spiro atoms. The first kappa shape index (κ1) is 22.9. The minimum Gasteiger partial charge on any atom is -0.493 e. The number of benzene rings is 2. The Kier molecular flexibility index (Phi) is 7.74. The largest absolute Gasteiger partial charge is 0.493 e. The van der Waals surface area contributed by atoms with Crippen molar-refractivity contribution in [3.8, 4) is 17.0 Å². The van der Waals surface area contributed by atoms with Crippen LogP contribution in [0.2, 0.25) is 0 Å². The van der Waals surface area contributed by atoms with Gasteiger partial charge in [0.25, 0.3) is 0 Å². The van der Waals surface area contributed by atoms with Crippen LogP contribution in [0.4, 0.5) is 13.2 Å². The lowest BCUT2D eigenvalue weighted by Gasteiger charge is -2.17. The third-order valence-electron chi connectivity index (χ3n) is 5.08. The number of nitrogens with one attached hydrogen (secondary N) is 1. The van der Waals surface area contributed by atoms with Crippen molar-refractivity contribution in [1.29, 1.82) is 0 Å². The maximum atomic E-state index is 13.5. The van der Waals surface area contributed by atoms with E-state index in [4.69, 9.17) is 4.74 Å². The Hall–Kier alpha value is -2.80. The van der Waals surface area contributed by atoms with Gasteiger partial charge in [-0.25, -0.2) is 0 Å². The van der Waals surface area contributed by atoms with Gasteiger partial charge in [-0.15, -0.1) is 0 Å². The molecule has 0 aliphatic carbocycles. The smallest absolute Gasteiger partial charge is 0.416 e. The van der Waals surface area contributed by atoms with Gasteiger partial charge in [0.15, 0.2) is 0 Å². The molecule has 0 fully saturated rings. The average Bonchev–Trinajstić information content (AvgIpc) is 3.20. The van der Waals surface area contributed by atoms with Gasteiger partial charge in [0.2, 0.25) is 0 Å². The summed E-state index contributed by atoms with van der Waals surface area (Å²) >= 11 is 0. The van der Waals surface area contributed by atoms with Crippen molar-refractivity contribution in [3.63, 3.8) is 0 Å². The van der Waals surface area contributed by atoms with Gasteiger partial charge in [0.05, 0.1) is 24.1 Å². The highest BCUT2D eigenvalue weighted by molar-refractivity contribution is 5.66. The van der Waals surface area contributed by atoms with Crippen LogP contribution in [0.25, 0.3) is 11.3 Å². The van der Waals surface area contributed by atoms with Gasteiger partial charge < -0.3 is 9.64 Å². The molecule has 0 bridgehead atoms. The Bertz CT molecular complexity index is 954. The molecule has 0 aliphatic heterocycles. The molecule has 0 amide bonds. The van der Waals surface area contributed by atoms with Crippen molar-refractivity contribution in [1.82, 2.24) is 15.1 Å². The van der Waals surface area contributed by atoms with Crippen molar-refractivity contribution in [2.75, 3.05) is 20.2 Å². The molecule has 7 heteroatoms. The topological polar surface area (TPSA) is 41.2 Å². The van der Waals surface area contributed by atoms with Gasteiger partial charge in [-0.3, -0.25) is 5.10 Å². The van der Waals surface area contributed by atoms with Gasteiger partial charge in [-0.2, -0.15) is 18.3 Å². The fourth-order valence-corrected chi connectivity index (χ4v) is 3.40. The van der Waals surface area contributed by atoms with Crippen molar-refractivity contribution in [2.24, 2.45) is 0 Å². The Morgan fingerprint density at radius 1 is 1.10 bits per heavy atom. The Morgan fingerprint density at radius 2 is 1.87 bits per heavy atom. The second-order valence-corrected chi connectivity index (χ2v) is 7.69. The first-order chi connectivity index (χ1) is 14.9. The molecule has 1 N–H and O–H groups in total. The second kappa shape index (κ2) is 10.5. The summed E-state index contributed by atoms with van der Waals surface area (Å²) in [5.41, 5.74) is 2.19. The lowest BCUT2D eigenvalue weighted by molar-refractivity contribution is -0.137. The maximum Gasteiger partial charge on any atom is 0.416 e. The molecule has 0 unspecified atom stereocenters. The normalized spacial score (nSPS) is 11.8. The van der Waals surface area contributed by atoms with E-state index in [-0.39, 0.29) is 5.75 Å². The van der Waals surface area contributed by atoms with E-state index in [9.17, 15) is 13.2 Å². The first-order valence-electron chi connectivity index (χ1n) is 10.5. The molecule has 3 aromatic rings. The van der Waals surface area contributed by atoms with Crippen molar-refractivity contribution in [2.45, 2.75) is 38.9 Å². The van der Waals surface area contributed by atoms with E-state index in [1.54, 1.807) is 12.3 Å². The van der Waals surface area contributed by atoms with Gasteiger partial charge in [0, 0.05) is 24.1 Å². The van der Waals surface area contributed by atoms with Gasteiger partial charge in [-0.05, 0) is 43.8 Å². The van der Waals surface area contributed by atoms with Crippen LogP contribution >= 0.6 is 0 Å². The number of ether oxygens (including phenoxy) is 1. The van der Waals surface area contributed by atoms with Crippen LogP contribution in [0, 0.1) is 0 Å². The zero-order chi connectivity index (χ0) is 22.3. The molecular formula is C24H28F3N3O. The van der Waals surface area contributed by atoms with E-state index in [1.165, 1.54) is 0 Å². The lowest BCUT2D eigenvalue weighted by atomic mass is 10.0. The summed E-state index contributed by atoms with van der Waals surface area (Å²) in [6.45, 7) is 3.93. The third kappa shape index (κ3) is 6.59. The Balaban J connectivity index is 1.82.